The lowest BCUT2D eigenvalue weighted by atomic mass is 10.1. The number of carbonyl (C=O) groups excluding carboxylic acids is 1. The molecule has 0 unspecified atom stereocenters. The Labute approximate surface area is 239 Å². The zero-order valence-corrected chi connectivity index (χ0v) is 23.5. The number of nitriles is 1. The number of nitrogens with zero attached hydrogens (tertiary/aromatic N) is 3. The predicted octanol–water partition coefficient (Wildman–Crippen LogP) is 2.96. The molecule has 210 valence electrons. The monoisotopic (exact) mass is 589 g/mol. The van der Waals surface area contributed by atoms with Gasteiger partial charge in [-0.05, 0) is 78.2 Å². The van der Waals surface area contributed by atoms with Gasteiger partial charge in [0.2, 0.25) is 20.0 Å². The molecule has 0 atom stereocenters. The molecule has 0 fully saturated rings. The summed E-state index contributed by atoms with van der Waals surface area (Å²) in [4.78, 5) is 17.0. The highest BCUT2D eigenvalue weighted by molar-refractivity contribution is 7.89. The predicted molar refractivity (Wildman–Crippen MR) is 152 cm³/mol. The van der Waals surface area contributed by atoms with Crippen LogP contribution < -0.4 is 10.5 Å². The molecule has 0 saturated heterocycles. The highest BCUT2D eigenvalue weighted by Gasteiger charge is 2.25. The fourth-order valence-corrected chi connectivity index (χ4v) is 5.90. The van der Waals surface area contributed by atoms with Crippen LogP contribution in [0.25, 0.3) is 0 Å². The number of rotatable bonds is 11. The fourth-order valence-electron chi connectivity index (χ4n) is 3.98. The smallest absolute Gasteiger partial charge is 0.251 e. The summed E-state index contributed by atoms with van der Waals surface area (Å²) in [7, 11) is -7.70. The van der Waals surface area contributed by atoms with Crippen molar-refractivity contribution >= 4 is 26.0 Å². The molecule has 0 saturated carbocycles. The van der Waals surface area contributed by atoms with E-state index in [1.807, 2.05) is 6.07 Å². The molecular formula is C29H27N5O5S2. The Morgan fingerprint density at radius 2 is 1.46 bits per heavy atom. The third kappa shape index (κ3) is 7.84. The first-order valence-corrected chi connectivity index (χ1v) is 15.4. The number of benzene rings is 3. The Hall–Kier alpha value is -4.41. The Morgan fingerprint density at radius 3 is 2.05 bits per heavy atom. The van der Waals surface area contributed by atoms with Gasteiger partial charge in [-0.15, -0.1) is 0 Å². The average Bonchev–Trinajstić information content (AvgIpc) is 2.97. The van der Waals surface area contributed by atoms with E-state index in [4.69, 9.17) is 10.4 Å². The molecule has 1 amide bonds. The van der Waals surface area contributed by atoms with Crippen molar-refractivity contribution < 1.29 is 21.6 Å². The van der Waals surface area contributed by atoms with Crippen molar-refractivity contribution in [1.82, 2.24) is 14.6 Å². The number of aromatic nitrogens is 1. The van der Waals surface area contributed by atoms with Crippen molar-refractivity contribution in [2.45, 2.75) is 29.3 Å². The van der Waals surface area contributed by atoms with Gasteiger partial charge in [0.15, 0.2) is 0 Å². The third-order valence-electron chi connectivity index (χ3n) is 6.21. The second-order valence-corrected chi connectivity index (χ2v) is 12.6. The first kappa shape index (κ1) is 29.6. The molecule has 0 bridgehead atoms. The van der Waals surface area contributed by atoms with Crippen LogP contribution in [0.4, 0.5) is 0 Å². The highest BCUT2D eigenvalue weighted by Crippen LogP contribution is 2.21. The number of carbonyl (C=O) groups is 1. The molecular weight excluding hydrogens is 562 g/mol. The average molecular weight is 590 g/mol. The molecule has 1 heterocycles. The van der Waals surface area contributed by atoms with Gasteiger partial charge in [0.05, 0.1) is 33.7 Å². The molecule has 1 aromatic heterocycles. The molecule has 3 N–H and O–H groups in total. The highest BCUT2D eigenvalue weighted by atomic mass is 32.2. The molecule has 12 heteroatoms. The van der Waals surface area contributed by atoms with Crippen LogP contribution in [0, 0.1) is 11.3 Å². The van der Waals surface area contributed by atoms with Crippen LogP contribution in [0.2, 0.25) is 0 Å². The van der Waals surface area contributed by atoms with E-state index in [1.54, 1.807) is 60.8 Å². The van der Waals surface area contributed by atoms with Gasteiger partial charge < -0.3 is 5.32 Å². The second-order valence-electron chi connectivity index (χ2n) is 9.12. The molecule has 0 spiro atoms. The molecule has 0 aliphatic heterocycles. The Morgan fingerprint density at radius 1 is 0.829 bits per heavy atom. The van der Waals surface area contributed by atoms with Gasteiger partial charge in [0.1, 0.15) is 0 Å². The van der Waals surface area contributed by atoms with Gasteiger partial charge in [0.25, 0.3) is 5.91 Å². The molecule has 0 radical (unpaired) electrons. The Kier molecular flexibility index (Phi) is 9.26. The number of hydrogen-bond donors (Lipinski definition) is 2. The fraction of sp³-hybridized carbons (Fsp3) is 0.138. The molecule has 3 aromatic carbocycles. The van der Waals surface area contributed by atoms with Crippen LogP contribution in [-0.4, -0.2) is 38.6 Å². The van der Waals surface area contributed by atoms with Crippen molar-refractivity contribution in [2.24, 2.45) is 5.14 Å². The van der Waals surface area contributed by atoms with E-state index in [0.29, 0.717) is 35.3 Å². The van der Waals surface area contributed by atoms with Crippen LogP contribution in [0.5, 0.6) is 0 Å². The normalized spacial score (nSPS) is 11.6. The van der Waals surface area contributed by atoms with Gasteiger partial charge in [-0.3, -0.25) is 9.78 Å². The number of nitrogens with two attached hydrogens (primary N) is 1. The quantitative estimate of drug-likeness (QED) is 0.272. The first-order valence-electron chi connectivity index (χ1n) is 12.5. The van der Waals surface area contributed by atoms with E-state index in [1.165, 1.54) is 40.7 Å². The minimum atomic E-state index is -3.93. The lowest BCUT2D eigenvalue weighted by Gasteiger charge is -2.22. The topological polar surface area (TPSA) is 163 Å². The maximum Gasteiger partial charge on any atom is 0.251 e. The number of pyridine rings is 1. The maximum atomic E-state index is 13.5. The van der Waals surface area contributed by atoms with Crippen LogP contribution >= 0.6 is 0 Å². The van der Waals surface area contributed by atoms with Gasteiger partial charge in [-0.1, -0.05) is 30.3 Å². The summed E-state index contributed by atoms with van der Waals surface area (Å²) in [5.74, 6) is -0.298. The summed E-state index contributed by atoms with van der Waals surface area (Å²) in [6.45, 7) is 0.398. The number of primary sulfonamides is 1. The SMILES string of the molecule is N#Cc1ccc(S(=O)(=O)N(Cc2ccc(C(=O)NCCc3ccc(S(N)(=O)=O)cc3)cc2)Cc2ccccn2)cc1. The minimum absolute atomic E-state index is 0.0219. The summed E-state index contributed by atoms with van der Waals surface area (Å²) < 4.78 is 51.1. The van der Waals surface area contributed by atoms with E-state index in [0.717, 1.165) is 5.56 Å². The summed E-state index contributed by atoms with van der Waals surface area (Å²) in [5.41, 5.74) is 2.84. The Balaban J connectivity index is 1.43. The van der Waals surface area contributed by atoms with Crippen molar-refractivity contribution in [2.75, 3.05) is 6.54 Å². The molecule has 0 aliphatic rings. The number of hydrogen-bond acceptors (Lipinski definition) is 7. The zero-order chi connectivity index (χ0) is 29.5. The van der Waals surface area contributed by atoms with Crippen LogP contribution in [0.1, 0.15) is 32.7 Å². The minimum Gasteiger partial charge on any atom is -0.352 e. The van der Waals surface area contributed by atoms with Crippen LogP contribution in [-0.2, 0) is 39.6 Å². The summed E-state index contributed by atoms with van der Waals surface area (Å²) in [6.07, 6.45) is 2.08. The number of sulfonamides is 2. The van der Waals surface area contributed by atoms with Crippen molar-refractivity contribution in [3.8, 4) is 6.07 Å². The van der Waals surface area contributed by atoms with Gasteiger partial charge in [-0.2, -0.15) is 9.57 Å². The van der Waals surface area contributed by atoms with Crippen molar-refractivity contribution in [3.63, 3.8) is 0 Å². The number of amides is 1. The lowest BCUT2D eigenvalue weighted by molar-refractivity contribution is 0.0954. The largest absolute Gasteiger partial charge is 0.352 e. The van der Waals surface area contributed by atoms with Crippen LogP contribution in [0.15, 0.2) is 107 Å². The van der Waals surface area contributed by atoms with Gasteiger partial charge in [0, 0.05) is 24.8 Å². The molecule has 4 rings (SSSR count). The maximum absolute atomic E-state index is 13.5. The molecule has 41 heavy (non-hydrogen) atoms. The molecule has 0 aliphatic carbocycles. The van der Waals surface area contributed by atoms with Gasteiger partial charge in [-0.25, -0.2) is 22.0 Å². The standard InChI is InChI=1S/C29H27N5O5S2/c30-19-23-8-14-28(15-9-23)41(38,39)34(21-26-3-1-2-17-32-26)20-24-4-10-25(11-5-24)29(35)33-18-16-22-6-12-27(13-7-22)40(31,36)37/h1-15,17H,16,18,20-21H2,(H,33,35)(H2,31,36,37). The zero-order valence-electron chi connectivity index (χ0n) is 21.8. The first-order chi connectivity index (χ1) is 19.6. The van der Waals surface area contributed by atoms with E-state index in [2.05, 4.69) is 10.3 Å². The van der Waals surface area contributed by atoms with Crippen molar-refractivity contribution in [3.05, 3.63) is 125 Å². The third-order valence-corrected chi connectivity index (χ3v) is 8.95. The van der Waals surface area contributed by atoms with E-state index in [-0.39, 0.29) is 28.8 Å². The molecule has 10 nitrogen and oxygen atoms in total. The van der Waals surface area contributed by atoms with E-state index >= 15 is 0 Å². The lowest BCUT2D eigenvalue weighted by Crippen LogP contribution is -2.30. The van der Waals surface area contributed by atoms with Gasteiger partial charge >= 0.3 is 0 Å². The molecule has 4 aromatic rings. The summed E-state index contributed by atoms with van der Waals surface area (Å²) in [5, 5.41) is 17.0. The van der Waals surface area contributed by atoms with E-state index in [9.17, 15) is 21.6 Å². The second kappa shape index (κ2) is 12.8. The van der Waals surface area contributed by atoms with Crippen molar-refractivity contribution in [1.29, 1.82) is 5.26 Å². The summed E-state index contributed by atoms with van der Waals surface area (Å²) in [6, 6.07) is 25.7. The van der Waals surface area contributed by atoms with Crippen LogP contribution in [0.3, 0.4) is 0 Å². The number of nitrogens with one attached hydrogen (secondary N) is 1. The summed E-state index contributed by atoms with van der Waals surface area (Å²) >= 11 is 0. The Bertz CT molecular complexity index is 1750. The van der Waals surface area contributed by atoms with E-state index < -0.39 is 20.0 Å².